The molecule has 3 N–H and O–H groups in total. The minimum Gasteiger partial charge on any atom is -0.497 e. The second kappa shape index (κ2) is 8.89. The van der Waals surface area contributed by atoms with Gasteiger partial charge in [-0.2, -0.15) is 0 Å². The van der Waals surface area contributed by atoms with Crippen LogP contribution in [0.3, 0.4) is 0 Å². The lowest BCUT2D eigenvalue weighted by atomic mass is 9.78. The van der Waals surface area contributed by atoms with Gasteiger partial charge >= 0.3 is 0 Å². The highest BCUT2D eigenvalue weighted by Gasteiger charge is 2.43. The van der Waals surface area contributed by atoms with E-state index in [1.54, 1.807) is 31.4 Å². The molecule has 28 heavy (non-hydrogen) atoms. The molecule has 0 aliphatic heterocycles. The second-order valence-electron chi connectivity index (χ2n) is 7.08. The summed E-state index contributed by atoms with van der Waals surface area (Å²) < 4.78 is 5.10. The third-order valence-electron chi connectivity index (χ3n) is 5.38. The van der Waals surface area contributed by atoms with Crippen molar-refractivity contribution in [2.45, 2.75) is 37.1 Å². The second-order valence-corrected chi connectivity index (χ2v) is 7.08. The van der Waals surface area contributed by atoms with Gasteiger partial charge in [0.2, 0.25) is 11.8 Å². The number of carbonyl (C=O) groups excluding carboxylic acids is 2. The quantitative estimate of drug-likeness (QED) is 0.687. The Kier molecular flexibility index (Phi) is 6.31. The summed E-state index contributed by atoms with van der Waals surface area (Å²) in [4.78, 5) is 25.7. The van der Waals surface area contributed by atoms with Crippen molar-refractivity contribution >= 4 is 17.5 Å². The van der Waals surface area contributed by atoms with Crippen LogP contribution in [0.4, 0.5) is 5.69 Å². The molecule has 6 nitrogen and oxygen atoms in total. The zero-order valence-electron chi connectivity index (χ0n) is 16.0. The van der Waals surface area contributed by atoms with Gasteiger partial charge in [-0.1, -0.05) is 43.2 Å². The van der Waals surface area contributed by atoms with Crippen LogP contribution < -0.4 is 15.4 Å². The Labute approximate surface area is 164 Å². The van der Waals surface area contributed by atoms with Crippen LogP contribution in [0, 0.1) is 0 Å². The van der Waals surface area contributed by atoms with Gasteiger partial charge < -0.3 is 20.5 Å². The fourth-order valence-electron chi connectivity index (χ4n) is 3.78. The summed E-state index contributed by atoms with van der Waals surface area (Å²) in [5, 5.41) is 15.2. The van der Waals surface area contributed by atoms with E-state index < -0.39 is 24.0 Å². The number of hydrogen-bond donors (Lipinski definition) is 3. The molecule has 6 heteroatoms. The first-order valence-electron chi connectivity index (χ1n) is 9.51. The minimum absolute atomic E-state index is 0.208. The van der Waals surface area contributed by atoms with Crippen molar-refractivity contribution in [1.29, 1.82) is 0 Å². The van der Waals surface area contributed by atoms with Crippen molar-refractivity contribution in [2.24, 2.45) is 0 Å². The number of anilines is 1. The molecule has 1 aliphatic carbocycles. The fraction of sp³-hybridized carbons (Fsp3) is 0.364. The normalized spacial score (nSPS) is 16.2. The predicted molar refractivity (Wildman–Crippen MR) is 107 cm³/mol. The van der Waals surface area contributed by atoms with Gasteiger partial charge in [-0.05, 0) is 42.7 Å². The molecule has 0 radical (unpaired) electrons. The smallest absolute Gasteiger partial charge is 0.249 e. The Morgan fingerprint density at radius 3 is 2.29 bits per heavy atom. The molecule has 3 rings (SSSR count). The molecule has 0 aromatic heterocycles. The Morgan fingerprint density at radius 1 is 1.07 bits per heavy atom. The number of rotatable bonds is 7. The van der Waals surface area contributed by atoms with E-state index in [9.17, 15) is 14.7 Å². The Morgan fingerprint density at radius 2 is 1.71 bits per heavy atom. The van der Waals surface area contributed by atoms with E-state index in [0.717, 1.165) is 31.2 Å². The maximum Gasteiger partial charge on any atom is 0.249 e. The highest BCUT2D eigenvalue weighted by atomic mass is 16.5. The summed E-state index contributed by atoms with van der Waals surface area (Å²) in [5.74, 6) is 0.0124. The maximum atomic E-state index is 13.2. The molecule has 1 saturated carbocycles. The van der Waals surface area contributed by atoms with Gasteiger partial charge in [0.05, 0.1) is 19.1 Å². The molecule has 1 aliphatic rings. The van der Waals surface area contributed by atoms with Gasteiger partial charge in [-0.25, -0.2) is 0 Å². The summed E-state index contributed by atoms with van der Waals surface area (Å²) in [7, 11) is 1.57. The summed E-state index contributed by atoms with van der Waals surface area (Å²) in [6.45, 7) is -0.474. The molecule has 1 unspecified atom stereocenters. The average Bonchev–Trinajstić information content (AvgIpc) is 3.24. The van der Waals surface area contributed by atoms with Crippen LogP contribution in [-0.2, 0) is 15.0 Å². The Bertz CT molecular complexity index is 799. The number of benzene rings is 2. The number of nitrogens with one attached hydrogen (secondary N) is 2. The summed E-state index contributed by atoms with van der Waals surface area (Å²) in [6.07, 6.45) is 3.40. The van der Waals surface area contributed by atoms with Crippen molar-refractivity contribution in [2.75, 3.05) is 19.0 Å². The van der Waals surface area contributed by atoms with E-state index in [4.69, 9.17) is 4.74 Å². The van der Waals surface area contributed by atoms with Gasteiger partial charge in [0, 0.05) is 5.69 Å². The van der Waals surface area contributed by atoms with Gasteiger partial charge in [0.15, 0.2) is 0 Å². The van der Waals surface area contributed by atoms with Gasteiger partial charge in [-0.15, -0.1) is 0 Å². The third-order valence-corrected chi connectivity index (χ3v) is 5.38. The zero-order chi connectivity index (χ0) is 20.0. The van der Waals surface area contributed by atoms with Gasteiger partial charge in [0.1, 0.15) is 11.8 Å². The number of carbonyl (C=O) groups is 2. The lowest BCUT2D eigenvalue weighted by Crippen LogP contribution is -2.52. The van der Waals surface area contributed by atoms with Crippen LogP contribution >= 0.6 is 0 Å². The summed E-state index contributed by atoms with van der Waals surface area (Å²) >= 11 is 0. The number of hydrogen-bond acceptors (Lipinski definition) is 4. The van der Waals surface area contributed by atoms with Crippen LogP contribution in [0.5, 0.6) is 5.75 Å². The Hall–Kier alpha value is -2.86. The van der Waals surface area contributed by atoms with E-state index in [-0.39, 0.29) is 5.91 Å². The first-order valence-corrected chi connectivity index (χ1v) is 9.51. The largest absolute Gasteiger partial charge is 0.497 e. The minimum atomic E-state index is -1.02. The lowest BCUT2D eigenvalue weighted by Gasteiger charge is -2.30. The molecule has 0 bridgehead atoms. The number of ether oxygens (including phenoxy) is 1. The standard InChI is InChI=1S/C22H26N2O4/c1-28-18-11-9-17(10-12-18)23-20(26)19(15-25)24-21(27)22(13-5-6-14-22)16-7-3-2-4-8-16/h2-4,7-12,19,25H,5-6,13-15H2,1H3,(H,23,26)(H,24,27). The number of amides is 2. The highest BCUT2D eigenvalue weighted by molar-refractivity contribution is 5.99. The molecule has 2 amide bonds. The third kappa shape index (κ3) is 4.17. The molecule has 2 aromatic carbocycles. The lowest BCUT2D eigenvalue weighted by molar-refractivity contribution is -0.131. The predicted octanol–water partition coefficient (Wildman–Crippen LogP) is 2.62. The van der Waals surface area contributed by atoms with Gasteiger partial charge in [-0.3, -0.25) is 9.59 Å². The van der Waals surface area contributed by atoms with Crippen molar-refractivity contribution in [1.82, 2.24) is 5.32 Å². The van der Waals surface area contributed by atoms with Crippen molar-refractivity contribution in [3.8, 4) is 5.75 Å². The molecule has 1 atom stereocenters. The monoisotopic (exact) mass is 382 g/mol. The maximum absolute atomic E-state index is 13.2. The summed E-state index contributed by atoms with van der Waals surface area (Å²) in [6, 6.07) is 15.5. The van der Waals surface area contributed by atoms with E-state index in [1.807, 2.05) is 30.3 Å². The molecule has 2 aromatic rings. The molecule has 0 saturated heterocycles. The van der Waals surface area contributed by atoms with Crippen LogP contribution in [-0.4, -0.2) is 36.7 Å². The topological polar surface area (TPSA) is 87.7 Å². The number of aliphatic hydroxyl groups is 1. The zero-order valence-corrected chi connectivity index (χ0v) is 16.0. The molecule has 0 spiro atoms. The first kappa shape index (κ1) is 19.9. The summed E-state index contributed by atoms with van der Waals surface area (Å²) in [5.41, 5.74) is 0.879. The van der Waals surface area contributed by atoms with E-state index in [2.05, 4.69) is 10.6 Å². The molecule has 0 heterocycles. The Balaban J connectivity index is 1.71. The van der Waals surface area contributed by atoms with E-state index in [1.165, 1.54) is 0 Å². The van der Waals surface area contributed by atoms with Crippen LogP contribution in [0.25, 0.3) is 0 Å². The average molecular weight is 382 g/mol. The van der Waals surface area contributed by atoms with Crippen LogP contribution in [0.15, 0.2) is 54.6 Å². The van der Waals surface area contributed by atoms with Crippen molar-refractivity contribution in [3.63, 3.8) is 0 Å². The van der Waals surface area contributed by atoms with Crippen molar-refractivity contribution in [3.05, 3.63) is 60.2 Å². The van der Waals surface area contributed by atoms with Gasteiger partial charge in [0.25, 0.3) is 0 Å². The fourth-order valence-corrected chi connectivity index (χ4v) is 3.78. The molecule has 148 valence electrons. The molecular formula is C22H26N2O4. The molecule has 1 fully saturated rings. The SMILES string of the molecule is COc1ccc(NC(=O)C(CO)NC(=O)C2(c3ccccc3)CCCC2)cc1. The van der Waals surface area contributed by atoms with E-state index >= 15 is 0 Å². The van der Waals surface area contributed by atoms with Crippen molar-refractivity contribution < 1.29 is 19.4 Å². The first-order chi connectivity index (χ1) is 13.6. The number of aliphatic hydroxyl groups excluding tert-OH is 1. The van der Waals surface area contributed by atoms with Crippen LogP contribution in [0.2, 0.25) is 0 Å². The van der Waals surface area contributed by atoms with Crippen LogP contribution in [0.1, 0.15) is 31.2 Å². The number of methoxy groups -OCH3 is 1. The highest BCUT2D eigenvalue weighted by Crippen LogP contribution is 2.41. The molecular weight excluding hydrogens is 356 g/mol. The van der Waals surface area contributed by atoms with E-state index in [0.29, 0.717) is 11.4 Å².